The molecule has 0 aliphatic carbocycles. The Balaban J connectivity index is 2.26. The van der Waals surface area contributed by atoms with Crippen LogP contribution in [0, 0.1) is 0 Å². The third kappa shape index (κ3) is 3.03. The fourth-order valence-corrected chi connectivity index (χ4v) is 2.21. The number of aromatic nitrogens is 1. The highest BCUT2D eigenvalue weighted by atomic mass is 35.5. The van der Waals surface area contributed by atoms with Gasteiger partial charge in [0.25, 0.3) is 5.91 Å². The molecular formula is C15H20ClN3O3. The first kappa shape index (κ1) is 16.6. The van der Waals surface area contributed by atoms with Crippen molar-refractivity contribution in [1.29, 1.82) is 0 Å². The maximum Gasteiger partial charge on any atom is 0.275 e. The van der Waals surface area contributed by atoms with Gasteiger partial charge in [0.2, 0.25) is 0 Å². The number of halogens is 1. The Morgan fingerprint density at radius 2 is 2.23 bits per heavy atom. The SMILES string of the molecule is C=C(C)CNC1=C(Cl)C(=O)N(c2cc(C(C)(C)C)on2)C1O. The van der Waals surface area contributed by atoms with Crippen molar-refractivity contribution < 1.29 is 14.4 Å². The summed E-state index contributed by atoms with van der Waals surface area (Å²) in [5.41, 5.74) is 0.846. The van der Waals surface area contributed by atoms with Gasteiger partial charge < -0.3 is 14.9 Å². The smallest absolute Gasteiger partial charge is 0.275 e. The van der Waals surface area contributed by atoms with E-state index in [1.165, 1.54) is 0 Å². The molecule has 0 bridgehead atoms. The number of amides is 1. The molecule has 22 heavy (non-hydrogen) atoms. The molecule has 120 valence electrons. The third-order valence-corrected chi connectivity index (χ3v) is 3.58. The van der Waals surface area contributed by atoms with Crippen molar-refractivity contribution >= 4 is 23.3 Å². The van der Waals surface area contributed by atoms with Gasteiger partial charge in [-0.3, -0.25) is 9.69 Å². The van der Waals surface area contributed by atoms with Crippen molar-refractivity contribution in [2.75, 3.05) is 11.4 Å². The molecule has 2 heterocycles. The Kier molecular flexibility index (Phi) is 4.35. The van der Waals surface area contributed by atoms with Crippen LogP contribution >= 0.6 is 11.6 Å². The highest BCUT2D eigenvalue weighted by Crippen LogP contribution is 2.33. The standard InChI is InChI=1S/C15H20ClN3O3/c1-8(2)7-17-12-11(16)13(20)19(14(12)21)10-6-9(22-18-10)15(3,4)5/h6,14,17,21H,1,7H2,2-5H3. The number of carbonyl (C=O) groups excluding carboxylic acids is 1. The molecule has 0 saturated heterocycles. The van der Waals surface area contributed by atoms with Gasteiger partial charge >= 0.3 is 0 Å². The summed E-state index contributed by atoms with van der Waals surface area (Å²) in [4.78, 5) is 13.4. The molecule has 1 atom stereocenters. The maximum atomic E-state index is 12.3. The number of nitrogens with zero attached hydrogens (tertiary/aromatic N) is 2. The molecule has 6 nitrogen and oxygen atoms in total. The van der Waals surface area contributed by atoms with E-state index in [1.54, 1.807) is 6.07 Å². The molecule has 0 saturated carbocycles. The van der Waals surface area contributed by atoms with E-state index in [1.807, 2.05) is 27.7 Å². The normalized spacial score (nSPS) is 19.1. The summed E-state index contributed by atoms with van der Waals surface area (Å²) in [7, 11) is 0. The van der Waals surface area contributed by atoms with Gasteiger partial charge in [-0.2, -0.15) is 0 Å². The molecule has 1 aromatic heterocycles. The molecule has 1 aliphatic heterocycles. The van der Waals surface area contributed by atoms with E-state index in [2.05, 4.69) is 17.1 Å². The minimum atomic E-state index is -1.22. The summed E-state index contributed by atoms with van der Waals surface area (Å²) in [6.45, 7) is 11.9. The van der Waals surface area contributed by atoms with Gasteiger partial charge in [0.05, 0.1) is 5.70 Å². The fourth-order valence-electron chi connectivity index (χ4n) is 1.95. The predicted octanol–water partition coefficient (Wildman–Crippen LogP) is 2.25. The quantitative estimate of drug-likeness (QED) is 0.830. The van der Waals surface area contributed by atoms with E-state index in [0.717, 1.165) is 10.5 Å². The van der Waals surface area contributed by atoms with Crippen molar-refractivity contribution in [3.63, 3.8) is 0 Å². The van der Waals surface area contributed by atoms with Crippen LogP contribution in [0.1, 0.15) is 33.5 Å². The number of aliphatic hydroxyl groups excluding tert-OH is 1. The van der Waals surface area contributed by atoms with Gasteiger partial charge in [0.1, 0.15) is 10.8 Å². The molecule has 7 heteroatoms. The number of anilines is 1. The number of nitrogens with one attached hydrogen (secondary N) is 1. The fraction of sp³-hybridized carbons (Fsp3) is 0.467. The Morgan fingerprint density at radius 1 is 1.59 bits per heavy atom. The van der Waals surface area contributed by atoms with Crippen LogP contribution in [0.3, 0.4) is 0 Å². The van der Waals surface area contributed by atoms with E-state index in [9.17, 15) is 9.90 Å². The van der Waals surface area contributed by atoms with Crippen molar-refractivity contribution in [3.05, 3.63) is 34.7 Å². The van der Waals surface area contributed by atoms with Crippen molar-refractivity contribution in [1.82, 2.24) is 10.5 Å². The molecule has 2 rings (SSSR count). The van der Waals surface area contributed by atoms with Gasteiger partial charge in [0, 0.05) is 18.0 Å². The van der Waals surface area contributed by atoms with Gasteiger partial charge in [0.15, 0.2) is 12.0 Å². The number of rotatable bonds is 4. The van der Waals surface area contributed by atoms with Crippen LogP contribution in [-0.2, 0) is 10.2 Å². The second kappa shape index (κ2) is 5.78. The lowest BCUT2D eigenvalue weighted by Crippen LogP contribution is -2.38. The number of carbonyl (C=O) groups is 1. The first-order valence-electron chi connectivity index (χ1n) is 6.89. The summed E-state index contributed by atoms with van der Waals surface area (Å²) in [5.74, 6) is 0.321. The summed E-state index contributed by atoms with van der Waals surface area (Å²) < 4.78 is 5.26. The molecule has 0 aromatic carbocycles. The van der Waals surface area contributed by atoms with E-state index < -0.39 is 12.1 Å². The van der Waals surface area contributed by atoms with Crippen molar-refractivity contribution in [2.45, 2.75) is 39.3 Å². The predicted molar refractivity (Wildman–Crippen MR) is 84.4 cm³/mol. The molecule has 1 aromatic rings. The second-order valence-corrected chi connectivity index (χ2v) is 6.76. The lowest BCUT2D eigenvalue weighted by atomic mass is 9.93. The van der Waals surface area contributed by atoms with E-state index >= 15 is 0 Å². The average molecular weight is 326 g/mol. The average Bonchev–Trinajstić information content (AvgIpc) is 2.94. The molecule has 0 radical (unpaired) electrons. The van der Waals surface area contributed by atoms with Crippen LogP contribution in [0.4, 0.5) is 5.82 Å². The number of aliphatic hydroxyl groups is 1. The molecular weight excluding hydrogens is 306 g/mol. The van der Waals surface area contributed by atoms with Crippen LogP contribution in [-0.4, -0.2) is 28.9 Å². The van der Waals surface area contributed by atoms with Crippen LogP contribution in [0.15, 0.2) is 33.5 Å². The Bertz CT molecular complexity index is 643. The van der Waals surface area contributed by atoms with E-state index in [4.69, 9.17) is 16.1 Å². The largest absolute Gasteiger partial charge is 0.380 e. The summed E-state index contributed by atoms with van der Waals surface area (Å²) >= 11 is 6.03. The van der Waals surface area contributed by atoms with Crippen LogP contribution in [0.5, 0.6) is 0 Å². The van der Waals surface area contributed by atoms with Gasteiger partial charge in [-0.1, -0.05) is 49.7 Å². The van der Waals surface area contributed by atoms with Gasteiger partial charge in [-0.15, -0.1) is 0 Å². The minimum Gasteiger partial charge on any atom is -0.380 e. The minimum absolute atomic E-state index is 0.0611. The topological polar surface area (TPSA) is 78.6 Å². The third-order valence-electron chi connectivity index (χ3n) is 3.21. The lowest BCUT2D eigenvalue weighted by Gasteiger charge is -2.20. The van der Waals surface area contributed by atoms with Crippen molar-refractivity contribution in [3.8, 4) is 0 Å². The first-order valence-corrected chi connectivity index (χ1v) is 7.27. The highest BCUT2D eigenvalue weighted by Gasteiger charge is 2.40. The zero-order chi connectivity index (χ0) is 16.7. The van der Waals surface area contributed by atoms with E-state index in [0.29, 0.717) is 12.3 Å². The molecule has 0 fully saturated rings. The Hall–Kier alpha value is -1.79. The van der Waals surface area contributed by atoms with Crippen LogP contribution in [0.2, 0.25) is 0 Å². The molecule has 1 unspecified atom stereocenters. The van der Waals surface area contributed by atoms with Crippen LogP contribution in [0.25, 0.3) is 0 Å². The maximum absolute atomic E-state index is 12.3. The van der Waals surface area contributed by atoms with Crippen molar-refractivity contribution in [2.24, 2.45) is 0 Å². The zero-order valence-corrected chi connectivity index (χ0v) is 13.9. The first-order chi connectivity index (χ1) is 10.1. The Labute approximate surface area is 134 Å². The number of hydrogen-bond donors (Lipinski definition) is 2. The van der Waals surface area contributed by atoms with Crippen LogP contribution < -0.4 is 10.2 Å². The highest BCUT2D eigenvalue weighted by molar-refractivity contribution is 6.45. The molecule has 2 N–H and O–H groups in total. The Morgan fingerprint density at radius 3 is 2.73 bits per heavy atom. The summed E-state index contributed by atoms with van der Waals surface area (Å²) in [6.07, 6.45) is -1.22. The molecule has 1 aliphatic rings. The molecule has 0 spiro atoms. The lowest BCUT2D eigenvalue weighted by molar-refractivity contribution is -0.115. The summed E-state index contributed by atoms with van der Waals surface area (Å²) in [5, 5.41) is 17.1. The van der Waals surface area contributed by atoms with Gasteiger partial charge in [-0.25, -0.2) is 0 Å². The van der Waals surface area contributed by atoms with Gasteiger partial charge in [-0.05, 0) is 6.92 Å². The summed E-state index contributed by atoms with van der Waals surface area (Å²) in [6, 6.07) is 1.63. The zero-order valence-electron chi connectivity index (χ0n) is 13.1. The molecule has 1 amide bonds. The monoisotopic (exact) mass is 325 g/mol. The number of hydrogen-bond acceptors (Lipinski definition) is 5. The second-order valence-electron chi connectivity index (χ2n) is 6.39. The van der Waals surface area contributed by atoms with E-state index in [-0.39, 0.29) is 22.0 Å².